The van der Waals surface area contributed by atoms with Gasteiger partial charge in [0.25, 0.3) is 0 Å². The van der Waals surface area contributed by atoms with Gasteiger partial charge in [-0.25, -0.2) is 0 Å². The highest BCUT2D eigenvalue weighted by Crippen LogP contribution is 2.34. The molecule has 2 fully saturated rings. The van der Waals surface area contributed by atoms with Gasteiger partial charge in [0.15, 0.2) is 0 Å². The average molecular weight is 319 g/mol. The Hall–Kier alpha value is -1.05. The molecule has 0 unspecified atom stereocenters. The molecule has 0 N–H and O–H groups in total. The minimum absolute atomic E-state index is 0.0831. The van der Waals surface area contributed by atoms with E-state index in [4.69, 9.17) is 4.74 Å². The van der Waals surface area contributed by atoms with Gasteiger partial charge in [0, 0.05) is 0 Å². The minimum Gasteiger partial charge on any atom is -0.462 e. The van der Waals surface area contributed by atoms with E-state index in [1.807, 2.05) is 6.08 Å². The molecule has 2 heteroatoms. The number of hydrogen-bond donors (Lipinski definition) is 0. The molecule has 0 aliphatic heterocycles. The second-order valence-corrected chi connectivity index (χ2v) is 7.39. The Morgan fingerprint density at radius 3 is 2.39 bits per heavy atom. The normalized spacial score (nSPS) is 31.9. The topological polar surface area (TPSA) is 26.3 Å². The molecule has 0 bridgehead atoms. The van der Waals surface area contributed by atoms with Crippen LogP contribution < -0.4 is 0 Å². The van der Waals surface area contributed by atoms with Crippen molar-refractivity contribution in [2.45, 2.75) is 83.7 Å². The van der Waals surface area contributed by atoms with Crippen molar-refractivity contribution in [2.24, 2.45) is 17.8 Å². The van der Waals surface area contributed by atoms with Crippen molar-refractivity contribution in [1.29, 1.82) is 0 Å². The first-order chi connectivity index (χ1) is 11.2. The highest BCUT2D eigenvalue weighted by Gasteiger charge is 2.30. The van der Waals surface area contributed by atoms with Crippen LogP contribution in [0.3, 0.4) is 0 Å². The van der Waals surface area contributed by atoms with Crippen molar-refractivity contribution in [2.75, 3.05) is 0 Å². The largest absolute Gasteiger partial charge is 0.462 e. The SMILES string of the molecule is C=CCCC1CCC(C(=O)OC2CCC(/C=C/CC)CC2)CC1. The zero-order chi connectivity index (χ0) is 16.5. The van der Waals surface area contributed by atoms with Crippen LogP contribution in [0, 0.1) is 17.8 Å². The fourth-order valence-corrected chi connectivity index (χ4v) is 4.03. The fraction of sp³-hybridized carbons (Fsp3) is 0.762. The zero-order valence-corrected chi connectivity index (χ0v) is 14.8. The quantitative estimate of drug-likeness (QED) is 0.436. The molecule has 2 nitrogen and oxygen atoms in total. The molecule has 2 saturated carbocycles. The van der Waals surface area contributed by atoms with Crippen LogP contribution >= 0.6 is 0 Å². The lowest BCUT2D eigenvalue weighted by Crippen LogP contribution is -2.29. The monoisotopic (exact) mass is 318 g/mol. The Morgan fingerprint density at radius 1 is 1.09 bits per heavy atom. The van der Waals surface area contributed by atoms with Crippen LogP contribution in [0.2, 0.25) is 0 Å². The summed E-state index contributed by atoms with van der Waals surface area (Å²) in [4.78, 5) is 12.4. The van der Waals surface area contributed by atoms with E-state index >= 15 is 0 Å². The third kappa shape index (κ3) is 6.16. The van der Waals surface area contributed by atoms with Gasteiger partial charge in [-0.1, -0.05) is 25.2 Å². The van der Waals surface area contributed by atoms with E-state index in [-0.39, 0.29) is 18.0 Å². The lowest BCUT2D eigenvalue weighted by atomic mass is 9.80. The molecule has 0 aromatic carbocycles. The summed E-state index contributed by atoms with van der Waals surface area (Å²) in [7, 11) is 0. The van der Waals surface area contributed by atoms with Crippen molar-refractivity contribution in [1.82, 2.24) is 0 Å². The summed E-state index contributed by atoms with van der Waals surface area (Å²) in [5, 5.41) is 0. The van der Waals surface area contributed by atoms with Crippen LogP contribution in [0.5, 0.6) is 0 Å². The third-order valence-corrected chi connectivity index (χ3v) is 5.60. The molecule has 2 aliphatic rings. The molecule has 0 atom stereocenters. The van der Waals surface area contributed by atoms with E-state index in [0.29, 0.717) is 5.92 Å². The second kappa shape index (κ2) is 9.95. The summed E-state index contributed by atoms with van der Waals surface area (Å²) in [5.41, 5.74) is 0. The molecule has 0 aromatic heterocycles. The lowest BCUT2D eigenvalue weighted by Gasteiger charge is -2.31. The summed E-state index contributed by atoms with van der Waals surface area (Å²) in [6, 6.07) is 0. The van der Waals surface area contributed by atoms with E-state index in [9.17, 15) is 4.79 Å². The Labute approximate surface area is 142 Å². The van der Waals surface area contributed by atoms with Crippen molar-refractivity contribution in [3.63, 3.8) is 0 Å². The van der Waals surface area contributed by atoms with E-state index in [1.165, 1.54) is 32.1 Å². The summed E-state index contributed by atoms with van der Waals surface area (Å²) in [6.07, 6.45) is 19.1. The predicted octanol–water partition coefficient (Wildman–Crippen LogP) is 5.83. The third-order valence-electron chi connectivity index (χ3n) is 5.60. The smallest absolute Gasteiger partial charge is 0.309 e. The molecule has 0 heterocycles. The van der Waals surface area contributed by atoms with Crippen LogP contribution in [0.1, 0.15) is 77.6 Å². The Morgan fingerprint density at radius 2 is 1.78 bits per heavy atom. The number of ether oxygens (including phenoxy) is 1. The zero-order valence-electron chi connectivity index (χ0n) is 14.8. The van der Waals surface area contributed by atoms with Crippen LogP contribution in [0.15, 0.2) is 24.8 Å². The van der Waals surface area contributed by atoms with E-state index < -0.39 is 0 Å². The van der Waals surface area contributed by atoms with Crippen molar-refractivity contribution >= 4 is 5.97 Å². The molecule has 0 aromatic rings. The molecule has 130 valence electrons. The number of rotatable bonds is 7. The number of esters is 1. The molecule has 0 saturated heterocycles. The van der Waals surface area contributed by atoms with Gasteiger partial charge in [0.2, 0.25) is 0 Å². The number of hydrogen-bond acceptors (Lipinski definition) is 2. The summed E-state index contributed by atoms with van der Waals surface area (Å²) in [5.74, 6) is 1.73. The van der Waals surface area contributed by atoms with Gasteiger partial charge in [-0.15, -0.1) is 6.58 Å². The van der Waals surface area contributed by atoms with Gasteiger partial charge in [0.05, 0.1) is 5.92 Å². The number of carbonyl (C=O) groups is 1. The standard InChI is InChI=1S/C21H34O2/c1-3-5-7-17-9-13-19(14-10-17)21(22)23-20-15-11-18(12-16-20)8-6-4-2/h3,6,8,17-20H,1,4-5,7,9-16H2,2H3/b8-6+. The Bertz CT molecular complexity index is 383. The summed E-state index contributed by atoms with van der Waals surface area (Å²) in [6.45, 7) is 5.97. The van der Waals surface area contributed by atoms with Gasteiger partial charge < -0.3 is 4.74 Å². The van der Waals surface area contributed by atoms with E-state index in [2.05, 4.69) is 25.7 Å². The maximum absolute atomic E-state index is 12.4. The van der Waals surface area contributed by atoms with Crippen LogP contribution in [-0.2, 0) is 9.53 Å². The first-order valence-corrected chi connectivity index (χ1v) is 9.71. The molecule has 23 heavy (non-hydrogen) atoms. The molecule has 0 radical (unpaired) electrons. The van der Waals surface area contributed by atoms with Crippen molar-refractivity contribution in [3.05, 3.63) is 24.8 Å². The minimum atomic E-state index is 0.0831. The number of carbonyl (C=O) groups excluding carboxylic acids is 1. The molecule has 2 aliphatic carbocycles. The molecule has 2 rings (SSSR count). The summed E-state index contributed by atoms with van der Waals surface area (Å²) >= 11 is 0. The molecular weight excluding hydrogens is 284 g/mol. The maximum Gasteiger partial charge on any atom is 0.309 e. The van der Waals surface area contributed by atoms with E-state index in [1.54, 1.807) is 0 Å². The molecule has 0 spiro atoms. The lowest BCUT2D eigenvalue weighted by molar-refractivity contribution is -0.157. The second-order valence-electron chi connectivity index (χ2n) is 7.39. The van der Waals surface area contributed by atoms with Gasteiger partial charge in [-0.05, 0) is 82.5 Å². The average Bonchev–Trinajstić information content (AvgIpc) is 2.59. The number of allylic oxidation sites excluding steroid dienone is 3. The van der Waals surface area contributed by atoms with Gasteiger partial charge in [-0.3, -0.25) is 4.79 Å². The molecular formula is C21H34O2. The van der Waals surface area contributed by atoms with Crippen LogP contribution in [-0.4, -0.2) is 12.1 Å². The first-order valence-electron chi connectivity index (χ1n) is 9.71. The Balaban J connectivity index is 1.66. The highest BCUT2D eigenvalue weighted by molar-refractivity contribution is 5.72. The maximum atomic E-state index is 12.4. The van der Waals surface area contributed by atoms with Gasteiger partial charge in [0.1, 0.15) is 6.10 Å². The van der Waals surface area contributed by atoms with E-state index in [0.717, 1.165) is 44.4 Å². The van der Waals surface area contributed by atoms with Crippen molar-refractivity contribution in [3.8, 4) is 0 Å². The van der Waals surface area contributed by atoms with Gasteiger partial charge in [-0.2, -0.15) is 0 Å². The first kappa shape index (κ1) is 18.3. The van der Waals surface area contributed by atoms with Crippen LogP contribution in [0.4, 0.5) is 0 Å². The summed E-state index contributed by atoms with van der Waals surface area (Å²) < 4.78 is 5.82. The predicted molar refractivity (Wildman–Crippen MR) is 96.1 cm³/mol. The fourth-order valence-electron chi connectivity index (χ4n) is 4.03. The Kier molecular flexibility index (Phi) is 7.91. The highest BCUT2D eigenvalue weighted by atomic mass is 16.5. The van der Waals surface area contributed by atoms with Gasteiger partial charge >= 0.3 is 5.97 Å². The van der Waals surface area contributed by atoms with Crippen LogP contribution in [0.25, 0.3) is 0 Å². The molecule has 0 amide bonds. The van der Waals surface area contributed by atoms with Crippen molar-refractivity contribution < 1.29 is 9.53 Å².